The van der Waals surface area contributed by atoms with Gasteiger partial charge in [-0.05, 0) is 33.6 Å². The predicted octanol–water partition coefficient (Wildman–Crippen LogP) is 2.30. The van der Waals surface area contributed by atoms with E-state index in [4.69, 9.17) is 4.74 Å². The fraction of sp³-hybridized carbons (Fsp3) is 0.889. The number of Topliss-reactive ketones (excluding diaryl/α,β-unsaturated/α-hetero) is 1. The second-order valence-corrected chi connectivity index (χ2v) is 5.57. The number of halogens is 1. The lowest BCUT2D eigenvalue weighted by atomic mass is 9.86. The first-order valence-electron chi connectivity index (χ1n) is 4.20. The molecule has 0 aromatic heterocycles. The van der Waals surface area contributed by atoms with Crippen LogP contribution in [0.3, 0.4) is 0 Å². The molecule has 1 rings (SSSR count). The normalized spacial score (nSPS) is 34.7. The average Bonchev–Trinajstić information content (AvgIpc) is 1.83. The summed E-state index contributed by atoms with van der Waals surface area (Å²) in [7, 11) is 0. The SMILES string of the molecule is CC(=O)C1(Br)CCOC(C)(C)C1. The van der Waals surface area contributed by atoms with Crippen LogP contribution in [0.15, 0.2) is 0 Å². The van der Waals surface area contributed by atoms with Gasteiger partial charge in [-0.2, -0.15) is 0 Å². The molecule has 12 heavy (non-hydrogen) atoms. The highest BCUT2D eigenvalue weighted by atomic mass is 79.9. The van der Waals surface area contributed by atoms with Crippen molar-refractivity contribution in [2.75, 3.05) is 6.61 Å². The van der Waals surface area contributed by atoms with Gasteiger partial charge in [-0.1, -0.05) is 15.9 Å². The minimum atomic E-state index is -0.339. The summed E-state index contributed by atoms with van der Waals surface area (Å²) in [6.07, 6.45) is 1.54. The molecule has 1 atom stereocenters. The molecular formula is C9H15BrO2. The largest absolute Gasteiger partial charge is 0.375 e. The number of hydrogen-bond donors (Lipinski definition) is 0. The maximum absolute atomic E-state index is 11.3. The van der Waals surface area contributed by atoms with E-state index in [1.54, 1.807) is 6.92 Å². The maximum atomic E-state index is 11.3. The molecule has 1 unspecified atom stereocenters. The Morgan fingerprint density at radius 3 is 2.42 bits per heavy atom. The van der Waals surface area contributed by atoms with E-state index in [0.717, 1.165) is 12.8 Å². The third-order valence-electron chi connectivity index (χ3n) is 2.33. The summed E-state index contributed by atoms with van der Waals surface area (Å²) in [6, 6.07) is 0. The summed E-state index contributed by atoms with van der Waals surface area (Å²) in [5.41, 5.74) is -0.173. The molecule has 1 saturated heterocycles. The molecule has 1 heterocycles. The number of ether oxygens (including phenoxy) is 1. The van der Waals surface area contributed by atoms with Crippen LogP contribution < -0.4 is 0 Å². The third kappa shape index (κ3) is 2.07. The topological polar surface area (TPSA) is 26.3 Å². The third-order valence-corrected chi connectivity index (χ3v) is 3.56. The molecule has 0 aromatic rings. The van der Waals surface area contributed by atoms with E-state index in [-0.39, 0.29) is 15.7 Å². The van der Waals surface area contributed by atoms with Gasteiger partial charge in [0.25, 0.3) is 0 Å². The Hall–Kier alpha value is 0.110. The van der Waals surface area contributed by atoms with Gasteiger partial charge < -0.3 is 4.74 Å². The van der Waals surface area contributed by atoms with Gasteiger partial charge in [-0.3, -0.25) is 4.79 Å². The highest BCUT2D eigenvalue weighted by Crippen LogP contribution is 2.38. The second-order valence-electron chi connectivity index (χ2n) is 4.06. The second kappa shape index (κ2) is 3.11. The molecular weight excluding hydrogens is 220 g/mol. The molecule has 0 N–H and O–H groups in total. The molecule has 1 aliphatic heterocycles. The van der Waals surface area contributed by atoms with Gasteiger partial charge >= 0.3 is 0 Å². The van der Waals surface area contributed by atoms with E-state index in [2.05, 4.69) is 15.9 Å². The Morgan fingerprint density at radius 1 is 1.50 bits per heavy atom. The van der Waals surface area contributed by atoms with Gasteiger partial charge in [0.2, 0.25) is 0 Å². The lowest BCUT2D eigenvalue weighted by Gasteiger charge is -2.39. The molecule has 0 saturated carbocycles. The van der Waals surface area contributed by atoms with Crippen LogP contribution in [0, 0.1) is 0 Å². The average molecular weight is 235 g/mol. The first-order chi connectivity index (χ1) is 5.36. The standard InChI is InChI=1S/C9H15BrO2/c1-7(11)9(10)4-5-12-8(2,3)6-9/h4-6H2,1-3H3. The van der Waals surface area contributed by atoms with Crippen molar-refractivity contribution in [1.82, 2.24) is 0 Å². The monoisotopic (exact) mass is 234 g/mol. The van der Waals surface area contributed by atoms with Crippen molar-refractivity contribution in [3.05, 3.63) is 0 Å². The quantitative estimate of drug-likeness (QED) is 0.652. The molecule has 0 spiro atoms. The fourth-order valence-corrected chi connectivity index (χ4v) is 2.44. The number of carbonyl (C=O) groups is 1. The summed E-state index contributed by atoms with van der Waals surface area (Å²) in [4.78, 5) is 11.3. The van der Waals surface area contributed by atoms with Crippen LogP contribution in [-0.2, 0) is 9.53 Å². The summed E-state index contributed by atoms with van der Waals surface area (Å²) in [6.45, 7) is 6.34. The van der Waals surface area contributed by atoms with Gasteiger partial charge in [0, 0.05) is 6.61 Å². The minimum absolute atomic E-state index is 0.173. The number of alkyl halides is 1. The van der Waals surface area contributed by atoms with E-state index < -0.39 is 0 Å². The zero-order valence-corrected chi connectivity index (χ0v) is 9.40. The zero-order valence-electron chi connectivity index (χ0n) is 7.82. The van der Waals surface area contributed by atoms with Crippen LogP contribution in [0.5, 0.6) is 0 Å². The van der Waals surface area contributed by atoms with Gasteiger partial charge in [0.15, 0.2) is 0 Å². The minimum Gasteiger partial charge on any atom is -0.375 e. The molecule has 2 nitrogen and oxygen atoms in total. The first-order valence-corrected chi connectivity index (χ1v) is 4.99. The van der Waals surface area contributed by atoms with Gasteiger partial charge in [-0.25, -0.2) is 0 Å². The summed E-state index contributed by atoms with van der Waals surface area (Å²) < 4.78 is 5.19. The van der Waals surface area contributed by atoms with Crippen LogP contribution in [0.2, 0.25) is 0 Å². The highest BCUT2D eigenvalue weighted by Gasteiger charge is 2.42. The molecule has 1 aliphatic rings. The van der Waals surface area contributed by atoms with Crippen molar-refractivity contribution >= 4 is 21.7 Å². The van der Waals surface area contributed by atoms with Crippen molar-refractivity contribution < 1.29 is 9.53 Å². The lowest BCUT2D eigenvalue weighted by Crippen LogP contribution is -2.45. The number of ketones is 1. The van der Waals surface area contributed by atoms with Crippen LogP contribution >= 0.6 is 15.9 Å². The van der Waals surface area contributed by atoms with Gasteiger partial charge in [0.05, 0.1) is 9.93 Å². The van der Waals surface area contributed by atoms with Crippen LogP contribution in [0.4, 0.5) is 0 Å². The maximum Gasteiger partial charge on any atom is 0.146 e. The molecule has 70 valence electrons. The highest BCUT2D eigenvalue weighted by molar-refractivity contribution is 9.10. The number of rotatable bonds is 1. The van der Waals surface area contributed by atoms with Crippen LogP contribution in [0.1, 0.15) is 33.6 Å². The Balaban J connectivity index is 2.74. The molecule has 0 radical (unpaired) electrons. The zero-order chi connectivity index (χ0) is 9.41. The molecule has 0 aliphatic carbocycles. The summed E-state index contributed by atoms with van der Waals surface area (Å²) in [5, 5.41) is 0. The predicted molar refractivity (Wildman–Crippen MR) is 51.6 cm³/mol. The first kappa shape index (κ1) is 10.2. The van der Waals surface area contributed by atoms with E-state index in [9.17, 15) is 4.79 Å². The Kier molecular flexibility index (Phi) is 2.64. The Labute approximate surface area is 81.8 Å². The number of carbonyl (C=O) groups excluding carboxylic acids is 1. The van der Waals surface area contributed by atoms with Crippen molar-refractivity contribution in [1.29, 1.82) is 0 Å². The van der Waals surface area contributed by atoms with E-state index in [1.807, 2.05) is 13.8 Å². The smallest absolute Gasteiger partial charge is 0.146 e. The van der Waals surface area contributed by atoms with E-state index in [1.165, 1.54) is 0 Å². The lowest BCUT2D eigenvalue weighted by molar-refractivity contribution is -0.127. The summed E-state index contributed by atoms with van der Waals surface area (Å²) in [5.74, 6) is 0.207. The molecule has 3 heteroatoms. The molecule has 0 aromatic carbocycles. The summed E-state index contributed by atoms with van der Waals surface area (Å²) >= 11 is 3.51. The number of hydrogen-bond acceptors (Lipinski definition) is 2. The van der Waals surface area contributed by atoms with Crippen molar-refractivity contribution in [2.45, 2.75) is 43.5 Å². The van der Waals surface area contributed by atoms with Crippen molar-refractivity contribution in [3.63, 3.8) is 0 Å². The molecule has 0 amide bonds. The van der Waals surface area contributed by atoms with Crippen LogP contribution in [0.25, 0.3) is 0 Å². The molecule has 1 fully saturated rings. The van der Waals surface area contributed by atoms with Crippen molar-refractivity contribution in [3.8, 4) is 0 Å². The van der Waals surface area contributed by atoms with Gasteiger partial charge in [0.1, 0.15) is 5.78 Å². The molecule has 0 bridgehead atoms. The van der Waals surface area contributed by atoms with E-state index >= 15 is 0 Å². The van der Waals surface area contributed by atoms with Gasteiger partial charge in [-0.15, -0.1) is 0 Å². The fourth-order valence-electron chi connectivity index (χ4n) is 1.60. The van der Waals surface area contributed by atoms with Crippen LogP contribution in [-0.4, -0.2) is 22.3 Å². The Morgan fingerprint density at radius 2 is 2.08 bits per heavy atom. The van der Waals surface area contributed by atoms with E-state index in [0.29, 0.717) is 6.61 Å². The Bertz CT molecular complexity index is 201. The van der Waals surface area contributed by atoms with Crippen molar-refractivity contribution in [2.24, 2.45) is 0 Å².